The van der Waals surface area contributed by atoms with Crippen molar-refractivity contribution >= 4 is 6.72 Å². The zero-order chi connectivity index (χ0) is 6.41. The molecule has 0 unspecified atom stereocenters. The van der Waals surface area contributed by atoms with Crippen LogP contribution in [-0.2, 0) is 0 Å². The average Bonchev–Trinajstić information content (AvgIpc) is 1.83. The number of hydrazone groups is 1. The van der Waals surface area contributed by atoms with Gasteiger partial charge in [-0.25, -0.2) is 11.0 Å². The molecular weight excluding hydrogens is 102 g/mol. The molecule has 0 aromatic heterocycles. The lowest BCUT2D eigenvalue weighted by Gasteiger charge is -2.08. The predicted octanol–water partition coefficient (Wildman–Crippen LogP) is 0.578. The van der Waals surface area contributed by atoms with Gasteiger partial charge in [-0.2, -0.15) is 5.10 Å². The van der Waals surface area contributed by atoms with Gasteiger partial charge in [-0.15, -0.1) is 0 Å². The number of nitrogens with zero attached hydrogens (tertiary/aromatic N) is 2. The van der Waals surface area contributed by atoms with Crippen molar-refractivity contribution in [2.75, 3.05) is 6.54 Å². The van der Waals surface area contributed by atoms with Crippen LogP contribution in [0.4, 0.5) is 0 Å². The molecule has 8 heavy (non-hydrogen) atoms. The molecule has 0 spiro atoms. The number of hydrogen-bond acceptors (Lipinski definition) is 3. The zero-order valence-electron chi connectivity index (χ0n) is 5.30. The van der Waals surface area contributed by atoms with E-state index in [1.807, 2.05) is 0 Å². The van der Waals surface area contributed by atoms with Crippen LogP contribution in [0.25, 0.3) is 0 Å². The summed E-state index contributed by atoms with van der Waals surface area (Å²) in [7, 11) is 0. The first-order valence-electron chi connectivity index (χ1n) is 2.80. The molecule has 2 N–H and O–H groups in total. The summed E-state index contributed by atoms with van der Waals surface area (Å²) in [6.07, 6.45) is 2.22. The lowest BCUT2D eigenvalue weighted by molar-refractivity contribution is 0.296. The average molecular weight is 115 g/mol. The van der Waals surface area contributed by atoms with Crippen LogP contribution in [0.3, 0.4) is 0 Å². The molecule has 3 nitrogen and oxygen atoms in total. The van der Waals surface area contributed by atoms with E-state index in [0.717, 1.165) is 19.4 Å². The van der Waals surface area contributed by atoms with E-state index < -0.39 is 0 Å². The van der Waals surface area contributed by atoms with Crippen molar-refractivity contribution in [2.45, 2.75) is 19.8 Å². The molecule has 0 saturated heterocycles. The fourth-order valence-electron chi connectivity index (χ4n) is 0.391. The third-order valence-corrected chi connectivity index (χ3v) is 0.922. The number of nitrogens with two attached hydrogens (primary N) is 1. The minimum absolute atomic E-state index is 0.806. The topological polar surface area (TPSA) is 41.6 Å². The Hall–Kier alpha value is -0.570. The van der Waals surface area contributed by atoms with Crippen LogP contribution in [0.15, 0.2) is 5.10 Å². The fourth-order valence-corrected chi connectivity index (χ4v) is 0.391. The summed E-state index contributed by atoms with van der Waals surface area (Å²) < 4.78 is 0. The molecule has 0 bridgehead atoms. The van der Waals surface area contributed by atoms with Crippen LogP contribution >= 0.6 is 0 Å². The summed E-state index contributed by atoms with van der Waals surface area (Å²) in [4.78, 5) is 0. The lowest BCUT2D eigenvalue weighted by Crippen LogP contribution is -2.25. The van der Waals surface area contributed by atoms with Crippen molar-refractivity contribution in [2.24, 2.45) is 10.9 Å². The molecule has 0 rings (SSSR count). The number of hydrazine groups is 1. The van der Waals surface area contributed by atoms with Gasteiger partial charge < -0.3 is 0 Å². The Morgan fingerprint density at radius 3 is 2.75 bits per heavy atom. The second-order valence-electron chi connectivity index (χ2n) is 1.66. The Kier molecular flexibility index (Phi) is 4.26. The van der Waals surface area contributed by atoms with Crippen molar-refractivity contribution < 1.29 is 0 Å². The van der Waals surface area contributed by atoms with E-state index >= 15 is 0 Å². The zero-order valence-corrected chi connectivity index (χ0v) is 5.30. The summed E-state index contributed by atoms with van der Waals surface area (Å²) in [5.74, 6) is 5.26. The Balaban J connectivity index is 2.98. The van der Waals surface area contributed by atoms with Gasteiger partial charge in [-0.3, -0.25) is 0 Å². The molecule has 0 heterocycles. The highest BCUT2D eigenvalue weighted by molar-refractivity contribution is 5.22. The number of hydrogen-bond donors (Lipinski definition) is 1. The highest BCUT2D eigenvalue weighted by Crippen LogP contribution is 1.87. The SMILES string of the molecule is C=NN(N)CCCC. The molecule has 0 aromatic rings. The van der Waals surface area contributed by atoms with Crippen molar-refractivity contribution in [3.63, 3.8) is 0 Å². The van der Waals surface area contributed by atoms with Crippen LogP contribution in [0.1, 0.15) is 19.8 Å². The third-order valence-electron chi connectivity index (χ3n) is 0.922. The van der Waals surface area contributed by atoms with Crippen molar-refractivity contribution in [1.29, 1.82) is 0 Å². The van der Waals surface area contributed by atoms with Crippen molar-refractivity contribution in [3.05, 3.63) is 0 Å². The van der Waals surface area contributed by atoms with Gasteiger partial charge >= 0.3 is 0 Å². The Morgan fingerprint density at radius 1 is 1.75 bits per heavy atom. The lowest BCUT2D eigenvalue weighted by atomic mass is 10.3. The molecule has 0 aliphatic carbocycles. The first-order chi connectivity index (χ1) is 3.81. The van der Waals surface area contributed by atoms with Gasteiger partial charge in [0.15, 0.2) is 0 Å². The second-order valence-corrected chi connectivity index (χ2v) is 1.66. The van der Waals surface area contributed by atoms with Crippen LogP contribution in [-0.4, -0.2) is 18.4 Å². The minimum atomic E-state index is 0.806. The molecule has 3 heteroatoms. The first-order valence-corrected chi connectivity index (χ1v) is 2.80. The summed E-state index contributed by atoms with van der Waals surface area (Å²) in [6, 6.07) is 0. The van der Waals surface area contributed by atoms with E-state index in [1.165, 1.54) is 5.12 Å². The van der Waals surface area contributed by atoms with E-state index in [-0.39, 0.29) is 0 Å². The van der Waals surface area contributed by atoms with Gasteiger partial charge in [0.1, 0.15) is 0 Å². The van der Waals surface area contributed by atoms with Crippen molar-refractivity contribution in [3.8, 4) is 0 Å². The van der Waals surface area contributed by atoms with Gasteiger partial charge in [-0.05, 0) is 6.42 Å². The fraction of sp³-hybridized carbons (Fsp3) is 0.800. The molecule has 0 fully saturated rings. The van der Waals surface area contributed by atoms with Crippen LogP contribution in [0.2, 0.25) is 0 Å². The quantitative estimate of drug-likeness (QED) is 0.331. The standard InChI is InChI=1S/C5H13N3/c1-3-4-5-8(6)7-2/h2-6H2,1H3. The summed E-state index contributed by atoms with van der Waals surface area (Å²) >= 11 is 0. The normalized spacial score (nSPS) is 8.75. The Morgan fingerprint density at radius 2 is 2.38 bits per heavy atom. The Labute approximate surface area is 50.1 Å². The molecule has 0 aromatic carbocycles. The predicted molar refractivity (Wildman–Crippen MR) is 35.4 cm³/mol. The molecule has 48 valence electrons. The van der Waals surface area contributed by atoms with Gasteiger partial charge in [0.05, 0.1) is 6.54 Å². The number of rotatable bonds is 4. The minimum Gasteiger partial charge on any atom is -0.233 e. The van der Waals surface area contributed by atoms with Gasteiger partial charge in [0.25, 0.3) is 0 Å². The third kappa shape index (κ3) is 3.61. The largest absolute Gasteiger partial charge is 0.233 e. The van der Waals surface area contributed by atoms with Crippen molar-refractivity contribution in [1.82, 2.24) is 5.12 Å². The maximum Gasteiger partial charge on any atom is 0.0530 e. The molecule has 0 amide bonds. The van der Waals surface area contributed by atoms with Crippen LogP contribution < -0.4 is 5.84 Å². The maximum atomic E-state index is 5.26. The summed E-state index contributed by atoms with van der Waals surface area (Å²) in [6.45, 7) is 6.18. The monoisotopic (exact) mass is 115 g/mol. The van der Waals surface area contributed by atoms with E-state index in [1.54, 1.807) is 0 Å². The van der Waals surface area contributed by atoms with E-state index in [0.29, 0.717) is 0 Å². The number of unbranched alkanes of at least 4 members (excludes halogenated alkanes) is 1. The highest BCUT2D eigenvalue weighted by atomic mass is 15.6. The molecule has 0 radical (unpaired) electrons. The highest BCUT2D eigenvalue weighted by Gasteiger charge is 1.86. The maximum absolute atomic E-state index is 5.26. The first kappa shape index (κ1) is 7.43. The summed E-state index contributed by atoms with van der Waals surface area (Å²) in [5, 5.41) is 4.84. The molecule has 0 aliphatic rings. The van der Waals surface area contributed by atoms with Gasteiger partial charge in [0, 0.05) is 6.72 Å². The molecule has 0 atom stereocenters. The van der Waals surface area contributed by atoms with Crippen LogP contribution in [0, 0.1) is 0 Å². The summed E-state index contributed by atoms with van der Waals surface area (Å²) in [5.41, 5.74) is 0. The smallest absolute Gasteiger partial charge is 0.0530 e. The van der Waals surface area contributed by atoms with Gasteiger partial charge in [0.2, 0.25) is 0 Å². The van der Waals surface area contributed by atoms with E-state index in [9.17, 15) is 0 Å². The molecule has 0 saturated carbocycles. The molecular formula is C5H13N3. The van der Waals surface area contributed by atoms with E-state index in [4.69, 9.17) is 5.84 Å². The van der Waals surface area contributed by atoms with Gasteiger partial charge in [-0.1, -0.05) is 13.3 Å². The van der Waals surface area contributed by atoms with E-state index in [2.05, 4.69) is 18.7 Å². The second kappa shape index (κ2) is 4.59. The molecule has 0 aliphatic heterocycles. The van der Waals surface area contributed by atoms with Crippen LogP contribution in [0.5, 0.6) is 0 Å². The Bertz CT molecular complexity index is 62.7.